The third kappa shape index (κ3) is 9.27. The van der Waals surface area contributed by atoms with E-state index in [1.807, 2.05) is 31.3 Å². The maximum atomic E-state index is 11.5. The number of pyridine rings is 1. The Labute approximate surface area is 311 Å². The zero-order valence-corrected chi connectivity index (χ0v) is 31.0. The Bertz CT molecular complexity index is 1960. The number of rotatable bonds is 17. The van der Waals surface area contributed by atoms with E-state index >= 15 is 0 Å². The van der Waals surface area contributed by atoms with E-state index < -0.39 is 18.6 Å². The van der Waals surface area contributed by atoms with Crippen molar-refractivity contribution in [1.82, 2.24) is 25.0 Å². The quantitative estimate of drug-likeness (QED) is 0.0831. The van der Waals surface area contributed by atoms with Gasteiger partial charge < -0.3 is 24.6 Å². The molecule has 0 radical (unpaired) electrons. The van der Waals surface area contributed by atoms with E-state index in [4.69, 9.17) is 26.2 Å². The van der Waals surface area contributed by atoms with E-state index in [1.54, 1.807) is 24.5 Å². The molecule has 6 rings (SSSR count). The lowest BCUT2D eigenvalue weighted by atomic mass is 10.00. The Balaban J connectivity index is 1.18. The van der Waals surface area contributed by atoms with E-state index in [2.05, 4.69) is 60.1 Å². The summed E-state index contributed by atoms with van der Waals surface area (Å²) in [5.41, 5.74) is 6.68. The predicted octanol–water partition coefficient (Wildman–Crippen LogP) is 7.39. The summed E-state index contributed by atoms with van der Waals surface area (Å²) in [6.07, 6.45) is 10.4. The number of ether oxygens (including phenoxy) is 2. The first-order chi connectivity index (χ1) is 24.8. The molecule has 0 saturated carbocycles. The number of nitrogens with zero attached hydrogens (tertiary/aromatic N) is 4. The highest BCUT2D eigenvalue weighted by atomic mass is 79.9. The van der Waals surface area contributed by atoms with E-state index in [9.17, 15) is 15.0 Å². The van der Waals surface area contributed by atoms with E-state index in [0.29, 0.717) is 22.1 Å². The number of nitrogens with one attached hydrogen (secondary N) is 1. The van der Waals surface area contributed by atoms with Gasteiger partial charge in [-0.1, -0.05) is 41.9 Å². The monoisotopic (exact) mass is 775 g/mol. The van der Waals surface area contributed by atoms with Crippen molar-refractivity contribution >= 4 is 44.4 Å². The van der Waals surface area contributed by atoms with Crippen LogP contribution in [0.4, 0.5) is 0 Å². The van der Waals surface area contributed by atoms with Gasteiger partial charge in [-0.3, -0.25) is 19.8 Å². The molecule has 0 aliphatic carbocycles. The predicted molar refractivity (Wildman–Crippen MR) is 202 cm³/mol. The highest BCUT2D eigenvalue weighted by molar-refractivity contribution is 9.10. The van der Waals surface area contributed by atoms with Gasteiger partial charge in [0.15, 0.2) is 0 Å². The van der Waals surface area contributed by atoms with Gasteiger partial charge in [0.1, 0.15) is 30.8 Å². The minimum absolute atomic E-state index is 0.104. The number of aliphatic hydroxyl groups excluding tert-OH is 1. The average Bonchev–Trinajstić information content (AvgIpc) is 3.80. The molecule has 0 amide bonds. The van der Waals surface area contributed by atoms with Crippen LogP contribution < -0.4 is 14.8 Å². The zero-order chi connectivity index (χ0) is 35.7. The first-order valence-corrected chi connectivity index (χ1v) is 18.5. The van der Waals surface area contributed by atoms with Gasteiger partial charge in [-0.05, 0) is 103 Å². The highest BCUT2D eigenvalue weighted by Crippen LogP contribution is 2.38. The fourth-order valence-corrected chi connectivity index (χ4v) is 7.29. The number of aryl methyl sites for hydroxylation is 2. The van der Waals surface area contributed by atoms with Crippen LogP contribution in [0.1, 0.15) is 47.9 Å². The van der Waals surface area contributed by atoms with E-state index in [0.717, 1.165) is 62.7 Å². The second kappa shape index (κ2) is 17.5. The number of hydrogen-bond acceptors (Lipinski definition) is 8. The van der Waals surface area contributed by atoms with Crippen LogP contribution >= 0.6 is 27.5 Å². The molecule has 5 aromatic rings. The summed E-state index contributed by atoms with van der Waals surface area (Å²) in [7, 11) is 0. The molecule has 3 heterocycles. The van der Waals surface area contributed by atoms with Crippen molar-refractivity contribution in [3.05, 3.63) is 105 Å². The van der Waals surface area contributed by atoms with Gasteiger partial charge in [-0.25, -0.2) is 0 Å². The molecular formula is C39H43BrClN5O5. The van der Waals surface area contributed by atoms with Crippen molar-refractivity contribution in [3.63, 3.8) is 0 Å². The number of fused-ring (bicyclic) bond motifs is 1. The fraction of sp³-hybridized carbons (Fsp3) is 0.359. The lowest BCUT2D eigenvalue weighted by molar-refractivity contribution is -0.140. The standard InChI is InChI=1S/C39H43BrClN5O5/c1-26-16-27(20-42-19-26)24-50-36-18-37(33(41)17-29(36)21-43-34(23-47)39(48)49)51-25-28-8-6-10-31(38(28)40)30-9-7-11-35-32(30)22-44-46(35)15-5-4-14-45-12-2-3-13-45/h6-11,16-20,22,34,43,47H,2-5,12-15,21,23-25H2,1H3,(H,48,49). The number of hydrogen-bond donors (Lipinski definition) is 3. The summed E-state index contributed by atoms with van der Waals surface area (Å²) in [6.45, 7) is 6.48. The number of benzene rings is 3. The van der Waals surface area contributed by atoms with Crippen molar-refractivity contribution in [2.75, 3.05) is 26.2 Å². The molecule has 1 aliphatic rings. The molecule has 268 valence electrons. The van der Waals surface area contributed by atoms with Crippen LogP contribution in [0.25, 0.3) is 22.0 Å². The van der Waals surface area contributed by atoms with Crippen LogP contribution in [0.3, 0.4) is 0 Å². The van der Waals surface area contributed by atoms with Crippen molar-refractivity contribution in [3.8, 4) is 22.6 Å². The van der Waals surface area contributed by atoms with Gasteiger partial charge in [0.25, 0.3) is 0 Å². The molecule has 1 aliphatic heterocycles. The van der Waals surface area contributed by atoms with Gasteiger partial charge in [-0.15, -0.1) is 0 Å². The number of aliphatic carboxylic acids is 1. The molecule has 1 fully saturated rings. The molecule has 1 atom stereocenters. The normalized spacial score (nSPS) is 13.9. The number of carboxylic acids is 1. The summed E-state index contributed by atoms with van der Waals surface area (Å²) in [4.78, 5) is 18.3. The summed E-state index contributed by atoms with van der Waals surface area (Å²) >= 11 is 10.6. The van der Waals surface area contributed by atoms with Crippen molar-refractivity contribution in [2.45, 2.75) is 65.0 Å². The van der Waals surface area contributed by atoms with E-state index in [1.165, 1.54) is 32.4 Å². The number of unbranched alkanes of at least 4 members (excludes halogenated alkanes) is 1. The lowest BCUT2D eigenvalue weighted by Gasteiger charge is -2.18. The van der Waals surface area contributed by atoms with Crippen LogP contribution in [-0.4, -0.2) is 68.1 Å². The fourth-order valence-electron chi connectivity index (χ4n) is 6.45. The summed E-state index contributed by atoms with van der Waals surface area (Å²) in [5, 5.41) is 28.0. The molecule has 0 bridgehead atoms. The van der Waals surface area contributed by atoms with Crippen molar-refractivity contribution in [2.24, 2.45) is 0 Å². The molecular weight excluding hydrogens is 734 g/mol. The summed E-state index contributed by atoms with van der Waals surface area (Å²) in [5.74, 6) is -0.267. The van der Waals surface area contributed by atoms with Gasteiger partial charge in [0.2, 0.25) is 0 Å². The summed E-state index contributed by atoms with van der Waals surface area (Å²) in [6, 6.07) is 16.7. The minimum atomic E-state index is -1.15. The molecule has 51 heavy (non-hydrogen) atoms. The van der Waals surface area contributed by atoms with Gasteiger partial charge in [0, 0.05) is 58.1 Å². The Morgan fingerprint density at radius 3 is 2.51 bits per heavy atom. The molecule has 1 unspecified atom stereocenters. The Morgan fingerprint density at radius 2 is 1.73 bits per heavy atom. The average molecular weight is 777 g/mol. The van der Waals surface area contributed by atoms with Crippen LogP contribution in [0.2, 0.25) is 5.02 Å². The second-order valence-corrected chi connectivity index (χ2v) is 14.1. The molecule has 10 nitrogen and oxygen atoms in total. The molecule has 0 spiro atoms. The lowest BCUT2D eigenvalue weighted by Crippen LogP contribution is -2.39. The number of carboxylic acid groups (broad SMARTS) is 1. The van der Waals surface area contributed by atoms with E-state index in [-0.39, 0.29) is 19.8 Å². The topological polar surface area (TPSA) is 122 Å². The van der Waals surface area contributed by atoms with Crippen LogP contribution in [0, 0.1) is 6.92 Å². The molecule has 2 aromatic heterocycles. The number of aromatic nitrogens is 3. The first-order valence-electron chi connectivity index (χ1n) is 17.3. The zero-order valence-electron chi connectivity index (χ0n) is 28.7. The van der Waals surface area contributed by atoms with Crippen LogP contribution in [-0.2, 0) is 31.1 Å². The molecule has 3 aromatic carbocycles. The largest absolute Gasteiger partial charge is 0.488 e. The van der Waals surface area contributed by atoms with Gasteiger partial charge >= 0.3 is 5.97 Å². The SMILES string of the molecule is Cc1cncc(COc2cc(OCc3cccc(-c4cccc5c4cnn5CCCCN4CCCC4)c3Br)c(Cl)cc2CNC(CO)C(=O)O)c1. The maximum absolute atomic E-state index is 11.5. The Morgan fingerprint density at radius 1 is 0.961 bits per heavy atom. The second-order valence-electron chi connectivity index (χ2n) is 12.9. The molecule has 3 N–H and O–H groups in total. The minimum Gasteiger partial charge on any atom is -0.488 e. The van der Waals surface area contributed by atoms with Crippen LogP contribution in [0.5, 0.6) is 11.5 Å². The molecule has 12 heteroatoms. The molecule has 1 saturated heterocycles. The Hall–Kier alpha value is -4.00. The smallest absolute Gasteiger partial charge is 0.323 e. The number of aliphatic hydroxyl groups is 1. The third-order valence-electron chi connectivity index (χ3n) is 9.19. The van der Waals surface area contributed by atoms with Gasteiger partial charge in [-0.2, -0.15) is 5.10 Å². The summed E-state index contributed by atoms with van der Waals surface area (Å²) < 4.78 is 15.5. The Kier molecular flexibility index (Phi) is 12.6. The highest BCUT2D eigenvalue weighted by Gasteiger charge is 2.19. The van der Waals surface area contributed by atoms with Crippen molar-refractivity contribution < 1.29 is 24.5 Å². The van der Waals surface area contributed by atoms with Gasteiger partial charge in [0.05, 0.1) is 23.3 Å². The third-order valence-corrected chi connectivity index (χ3v) is 10.4. The van der Waals surface area contributed by atoms with Crippen molar-refractivity contribution in [1.29, 1.82) is 0 Å². The number of likely N-dealkylation sites (tertiary alicyclic amines) is 1. The number of halogens is 2. The first kappa shape index (κ1) is 36.8. The van der Waals surface area contributed by atoms with Crippen LogP contribution in [0.15, 0.2) is 77.7 Å². The maximum Gasteiger partial charge on any atom is 0.323 e. The number of carbonyl (C=O) groups is 1.